The predicted octanol–water partition coefficient (Wildman–Crippen LogP) is 4.57. The summed E-state index contributed by atoms with van der Waals surface area (Å²) in [6.45, 7) is 5.53. The summed E-state index contributed by atoms with van der Waals surface area (Å²) in [6, 6.07) is 18.3. The minimum Gasteiger partial charge on any atom is -0.424 e. The lowest BCUT2D eigenvalue weighted by atomic mass is 10.2. The van der Waals surface area contributed by atoms with Crippen LogP contribution in [-0.4, -0.2) is 20.6 Å². The second-order valence-corrected chi connectivity index (χ2v) is 6.29. The maximum absolute atomic E-state index is 5.65. The van der Waals surface area contributed by atoms with Gasteiger partial charge in [0.2, 0.25) is 0 Å². The third kappa shape index (κ3) is 5.42. The molecule has 0 aliphatic rings. The molecular formula is C19H19N3O4. The molecule has 3 rings (SSSR count). The van der Waals surface area contributed by atoms with E-state index in [1.807, 2.05) is 57.2 Å². The number of hydrogen-bond donors (Lipinski definition) is 0. The molecule has 0 aliphatic carbocycles. The number of nitrogens with zero attached hydrogens (tertiary/aromatic N) is 3. The van der Waals surface area contributed by atoms with Crippen LogP contribution in [0.15, 0.2) is 60.7 Å². The fraction of sp³-hybridized carbons (Fsp3) is 0.211. The molecule has 0 aliphatic heterocycles. The predicted molar refractivity (Wildman–Crippen MR) is 94.3 cm³/mol. The Kier molecular flexibility index (Phi) is 5.28. The average Bonchev–Trinajstić information content (AvgIpc) is 2.61. The Labute approximate surface area is 151 Å². The van der Waals surface area contributed by atoms with Crippen molar-refractivity contribution in [1.82, 2.24) is 15.0 Å². The van der Waals surface area contributed by atoms with Gasteiger partial charge in [-0.25, -0.2) is 0 Å². The van der Waals surface area contributed by atoms with Crippen molar-refractivity contribution in [2.45, 2.75) is 26.4 Å². The molecule has 0 bridgehead atoms. The van der Waals surface area contributed by atoms with Gasteiger partial charge in [-0.3, -0.25) is 4.89 Å². The Morgan fingerprint density at radius 1 is 0.615 bits per heavy atom. The highest BCUT2D eigenvalue weighted by Gasteiger charge is 2.17. The maximum atomic E-state index is 5.65. The summed E-state index contributed by atoms with van der Waals surface area (Å²) in [5.41, 5.74) is -0.534. The second-order valence-electron chi connectivity index (χ2n) is 6.29. The van der Waals surface area contributed by atoms with Crippen molar-refractivity contribution in [2.24, 2.45) is 0 Å². The molecule has 0 radical (unpaired) electrons. The van der Waals surface area contributed by atoms with Crippen molar-refractivity contribution >= 4 is 0 Å². The summed E-state index contributed by atoms with van der Waals surface area (Å²) >= 11 is 0. The zero-order valence-corrected chi connectivity index (χ0v) is 14.7. The molecule has 0 saturated carbocycles. The summed E-state index contributed by atoms with van der Waals surface area (Å²) in [7, 11) is 0. The summed E-state index contributed by atoms with van der Waals surface area (Å²) in [5, 5.41) is 0. The quantitative estimate of drug-likeness (QED) is 0.475. The van der Waals surface area contributed by atoms with Gasteiger partial charge < -0.3 is 9.47 Å². The second kappa shape index (κ2) is 7.79. The van der Waals surface area contributed by atoms with Gasteiger partial charge in [0.05, 0.1) is 0 Å². The van der Waals surface area contributed by atoms with E-state index in [0.717, 1.165) is 0 Å². The topological polar surface area (TPSA) is 75.6 Å². The first-order valence-electron chi connectivity index (χ1n) is 8.05. The molecule has 0 atom stereocenters. The summed E-state index contributed by atoms with van der Waals surface area (Å²) in [5.74, 6) is 1.15. The normalized spacial score (nSPS) is 11.0. The summed E-state index contributed by atoms with van der Waals surface area (Å²) in [4.78, 5) is 22.8. The average molecular weight is 353 g/mol. The van der Waals surface area contributed by atoms with Crippen LogP contribution in [0.5, 0.6) is 29.5 Å². The van der Waals surface area contributed by atoms with Crippen molar-refractivity contribution < 1.29 is 19.2 Å². The molecule has 0 N–H and O–H groups in total. The van der Waals surface area contributed by atoms with E-state index in [2.05, 4.69) is 15.0 Å². The van der Waals surface area contributed by atoms with Crippen molar-refractivity contribution in [2.75, 3.05) is 0 Å². The van der Waals surface area contributed by atoms with Gasteiger partial charge >= 0.3 is 18.0 Å². The maximum Gasteiger partial charge on any atom is 0.362 e. The van der Waals surface area contributed by atoms with Gasteiger partial charge in [0.25, 0.3) is 0 Å². The SMILES string of the molecule is CC(C)(C)OOc1nc(Oc2ccccc2)nc(Oc2ccccc2)n1. The fourth-order valence-electron chi connectivity index (χ4n) is 1.80. The lowest BCUT2D eigenvalue weighted by Gasteiger charge is -2.16. The van der Waals surface area contributed by atoms with E-state index in [9.17, 15) is 0 Å². The number of hydrogen-bond acceptors (Lipinski definition) is 7. The molecule has 1 heterocycles. The molecule has 0 spiro atoms. The van der Waals surface area contributed by atoms with Crippen LogP contribution >= 0.6 is 0 Å². The highest BCUT2D eigenvalue weighted by Crippen LogP contribution is 2.24. The largest absolute Gasteiger partial charge is 0.424 e. The molecule has 0 saturated heterocycles. The van der Waals surface area contributed by atoms with E-state index in [1.54, 1.807) is 24.3 Å². The molecule has 1 aromatic heterocycles. The molecule has 7 heteroatoms. The number of benzene rings is 2. The summed E-state index contributed by atoms with van der Waals surface area (Å²) in [6.07, 6.45) is 0. The zero-order chi connectivity index (χ0) is 18.4. The van der Waals surface area contributed by atoms with Crippen molar-refractivity contribution in [3.63, 3.8) is 0 Å². The number of rotatable bonds is 6. The number of aromatic nitrogens is 3. The van der Waals surface area contributed by atoms with Crippen LogP contribution in [0.2, 0.25) is 0 Å². The Morgan fingerprint density at radius 3 is 1.46 bits per heavy atom. The van der Waals surface area contributed by atoms with Gasteiger partial charge in [0.1, 0.15) is 17.1 Å². The van der Waals surface area contributed by atoms with E-state index in [1.165, 1.54) is 0 Å². The molecule has 0 fully saturated rings. The van der Waals surface area contributed by atoms with Gasteiger partial charge in [0.15, 0.2) is 0 Å². The third-order valence-electron chi connectivity index (χ3n) is 2.84. The highest BCUT2D eigenvalue weighted by atomic mass is 17.2. The smallest absolute Gasteiger partial charge is 0.362 e. The van der Waals surface area contributed by atoms with E-state index >= 15 is 0 Å². The van der Waals surface area contributed by atoms with Crippen molar-refractivity contribution in [3.8, 4) is 29.5 Å². The lowest BCUT2D eigenvalue weighted by molar-refractivity contribution is -0.279. The molecule has 26 heavy (non-hydrogen) atoms. The number of ether oxygens (including phenoxy) is 2. The van der Waals surface area contributed by atoms with Crippen LogP contribution in [0.3, 0.4) is 0 Å². The first kappa shape index (κ1) is 17.6. The van der Waals surface area contributed by atoms with Gasteiger partial charge in [0, 0.05) is 0 Å². The van der Waals surface area contributed by atoms with E-state index in [0.29, 0.717) is 11.5 Å². The van der Waals surface area contributed by atoms with Gasteiger partial charge in [-0.2, -0.15) is 4.89 Å². The van der Waals surface area contributed by atoms with Crippen LogP contribution in [-0.2, 0) is 4.89 Å². The van der Waals surface area contributed by atoms with Gasteiger partial charge in [-0.05, 0) is 45.0 Å². The molecule has 0 amide bonds. The number of para-hydroxylation sites is 2. The van der Waals surface area contributed by atoms with Gasteiger partial charge in [-0.15, -0.1) is 15.0 Å². The summed E-state index contributed by atoms with van der Waals surface area (Å²) < 4.78 is 11.3. The Hall–Kier alpha value is -3.19. The monoisotopic (exact) mass is 353 g/mol. The first-order chi connectivity index (χ1) is 12.5. The van der Waals surface area contributed by atoms with E-state index < -0.39 is 5.60 Å². The van der Waals surface area contributed by atoms with Crippen LogP contribution in [0.4, 0.5) is 0 Å². The van der Waals surface area contributed by atoms with Gasteiger partial charge in [-0.1, -0.05) is 36.4 Å². The Balaban J connectivity index is 1.85. The zero-order valence-electron chi connectivity index (χ0n) is 14.7. The standard InChI is InChI=1S/C19H19N3O4/c1-19(2,3)26-25-18-21-16(23-14-10-6-4-7-11-14)20-17(22-18)24-15-12-8-5-9-13-15/h4-13H,1-3H3. The van der Waals surface area contributed by atoms with E-state index in [-0.39, 0.29) is 18.0 Å². The van der Waals surface area contributed by atoms with Crippen LogP contribution in [0.1, 0.15) is 20.8 Å². The third-order valence-corrected chi connectivity index (χ3v) is 2.84. The minimum absolute atomic E-state index is 0.0321. The van der Waals surface area contributed by atoms with Crippen LogP contribution < -0.4 is 14.4 Å². The van der Waals surface area contributed by atoms with Crippen LogP contribution in [0.25, 0.3) is 0 Å². The Bertz CT molecular complexity index is 777. The van der Waals surface area contributed by atoms with E-state index in [4.69, 9.17) is 19.2 Å². The molecule has 134 valence electrons. The van der Waals surface area contributed by atoms with Crippen molar-refractivity contribution in [1.29, 1.82) is 0 Å². The fourth-order valence-corrected chi connectivity index (χ4v) is 1.80. The minimum atomic E-state index is -0.534. The molecular weight excluding hydrogens is 334 g/mol. The molecule has 3 aromatic rings. The molecule has 2 aromatic carbocycles. The first-order valence-corrected chi connectivity index (χ1v) is 8.05. The lowest BCUT2D eigenvalue weighted by Crippen LogP contribution is -2.22. The molecule has 7 nitrogen and oxygen atoms in total. The molecule has 0 unspecified atom stereocenters. The highest BCUT2D eigenvalue weighted by molar-refractivity contribution is 5.27. The Morgan fingerprint density at radius 2 is 1.04 bits per heavy atom. The van der Waals surface area contributed by atoms with Crippen LogP contribution in [0, 0.1) is 0 Å². The van der Waals surface area contributed by atoms with Crippen molar-refractivity contribution in [3.05, 3.63) is 60.7 Å².